The van der Waals surface area contributed by atoms with E-state index in [2.05, 4.69) is 0 Å². The van der Waals surface area contributed by atoms with Gasteiger partial charge in [0.05, 0.1) is 30.6 Å². The summed E-state index contributed by atoms with van der Waals surface area (Å²) in [6, 6.07) is 13.9. The third-order valence-corrected chi connectivity index (χ3v) is 9.25. The lowest BCUT2D eigenvalue weighted by atomic mass is 9.77. The quantitative estimate of drug-likeness (QED) is 0.518. The van der Waals surface area contributed by atoms with Crippen LogP contribution in [-0.2, 0) is 25.5 Å². The van der Waals surface area contributed by atoms with E-state index in [1.54, 1.807) is 14.7 Å². The Hall–Kier alpha value is -3.75. The van der Waals surface area contributed by atoms with Crippen LogP contribution in [0.25, 0.3) is 0 Å². The molecule has 6 atom stereocenters. The fraction of sp³-hybridized carbons (Fsp3) is 0.441. The van der Waals surface area contributed by atoms with Crippen LogP contribution in [-0.4, -0.2) is 82.7 Å². The highest BCUT2D eigenvalue weighted by Crippen LogP contribution is 2.54. The summed E-state index contributed by atoms with van der Waals surface area (Å²) in [6.07, 6.45) is 8.13. The Kier molecular flexibility index (Phi) is 7.53. The number of nitrogens with zero attached hydrogens (tertiary/aromatic N) is 3. The van der Waals surface area contributed by atoms with Crippen LogP contribution in [0.1, 0.15) is 30.0 Å². The standard InChI is InChI=1S/C34H39N3O5/c1-4-16-35-17-8-12-27-28(31(35)39)29-32(40)37(25(21-38)20-24-10-6-5-7-11-24)30-33(41)36(18-9-15-34(29,30)42-27)26-19-22(2)13-14-23(26)3/h5-15,19,25,27-30,38H,4,16-18,20-21H2,1-3H3/t25-,27+,28-,29+,30?,34+/m1/s1. The van der Waals surface area contributed by atoms with Gasteiger partial charge in [0.1, 0.15) is 11.6 Å². The van der Waals surface area contributed by atoms with Gasteiger partial charge < -0.3 is 24.5 Å². The molecule has 2 aromatic carbocycles. The number of anilines is 1. The lowest BCUT2D eigenvalue weighted by Crippen LogP contribution is -2.58. The highest BCUT2D eigenvalue weighted by atomic mass is 16.5. The summed E-state index contributed by atoms with van der Waals surface area (Å²) in [5, 5.41) is 10.7. The summed E-state index contributed by atoms with van der Waals surface area (Å²) in [7, 11) is 0. The SMILES string of the molecule is CCCN1CC=C[C@@H]2O[C@]34C=CCN(c5cc(C)ccc5C)C(=O)C3N([C@@H](CO)Cc3ccccc3)C(=O)[C@@H]4[C@@H]2C1=O. The number of fused-ring (bicyclic) bond motifs is 2. The Bertz CT molecular complexity index is 1440. The molecular formula is C34H39N3O5. The van der Waals surface area contributed by atoms with Gasteiger partial charge in [-0.2, -0.15) is 0 Å². The van der Waals surface area contributed by atoms with E-state index in [1.807, 2.05) is 93.6 Å². The second-order valence-corrected chi connectivity index (χ2v) is 12.0. The molecule has 2 saturated heterocycles. The van der Waals surface area contributed by atoms with Crippen molar-refractivity contribution < 1.29 is 24.2 Å². The number of amides is 3. The fourth-order valence-electron chi connectivity index (χ4n) is 7.36. The Labute approximate surface area is 247 Å². The van der Waals surface area contributed by atoms with E-state index in [4.69, 9.17) is 4.74 Å². The van der Waals surface area contributed by atoms with Crippen LogP contribution in [0.4, 0.5) is 5.69 Å². The zero-order chi connectivity index (χ0) is 29.6. The lowest BCUT2D eigenvalue weighted by molar-refractivity contribution is -0.146. The van der Waals surface area contributed by atoms with Crippen LogP contribution in [0.5, 0.6) is 0 Å². The van der Waals surface area contributed by atoms with Gasteiger partial charge in [-0.25, -0.2) is 0 Å². The second kappa shape index (κ2) is 11.2. The predicted molar refractivity (Wildman–Crippen MR) is 160 cm³/mol. The highest BCUT2D eigenvalue weighted by molar-refractivity contribution is 6.06. The molecule has 1 spiro atoms. The number of ether oxygens (including phenoxy) is 1. The molecule has 2 aromatic rings. The van der Waals surface area contributed by atoms with Gasteiger partial charge in [-0.1, -0.05) is 73.7 Å². The summed E-state index contributed by atoms with van der Waals surface area (Å²) >= 11 is 0. The van der Waals surface area contributed by atoms with Crippen molar-refractivity contribution in [1.29, 1.82) is 0 Å². The number of carbonyl (C=O) groups is 3. The van der Waals surface area contributed by atoms with Crippen LogP contribution in [0.2, 0.25) is 0 Å². The Morgan fingerprint density at radius 3 is 2.52 bits per heavy atom. The predicted octanol–water partition coefficient (Wildman–Crippen LogP) is 3.20. The molecule has 0 aromatic heterocycles. The highest BCUT2D eigenvalue weighted by Gasteiger charge is 2.72. The van der Waals surface area contributed by atoms with Crippen molar-refractivity contribution in [2.75, 3.05) is 31.1 Å². The summed E-state index contributed by atoms with van der Waals surface area (Å²) in [5.74, 6) is -2.35. The number of hydrogen-bond acceptors (Lipinski definition) is 5. The van der Waals surface area contributed by atoms with E-state index >= 15 is 0 Å². The first kappa shape index (κ1) is 28.4. The minimum absolute atomic E-state index is 0.122. The maximum atomic E-state index is 14.8. The van der Waals surface area contributed by atoms with E-state index in [1.165, 1.54) is 0 Å². The van der Waals surface area contributed by atoms with E-state index in [0.717, 1.165) is 28.8 Å². The van der Waals surface area contributed by atoms with Crippen LogP contribution in [0.3, 0.4) is 0 Å². The smallest absolute Gasteiger partial charge is 0.253 e. The average molecular weight is 570 g/mol. The molecule has 3 amide bonds. The zero-order valence-corrected chi connectivity index (χ0v) is 24.5. The summed E-state index contributed by atoms with van der Waals surface area (Å²) < 4.78 is 6.78. The molecule has 0 bridgehead atoms. The Balaban J connectivity index is 1.48. The second-order valence-electron chi connectivity index (χ2n) is 12.0. The van der Waals surface area contributed by atoms with E-state index in [0.29, 0.717) is 26.1 Å². The van der Waals surface area contributed by atoms with Gasteiger partial charge in [-0.15, -0.1) is 0 Å². The van der Waals surface area contributed by atoms with E-state index in [9.17, 15) is 19.5 Å². The maximum absolute atomic E-state index is 14.8. The van der Waals surface area contributed by atoms with Crippen molar-refractivity contribution in [3.63, 3.8) is 0 Å². The Morgan fingerprint density at radius 2 is 1.79 bits per heavy atom. The topological polar surface area (TPSA) is 90.4 Å². The number of benzene rings is 2. The molecule has 0 saturated carbocycles. The van der Waals surface area contributed by atoms with Crippen molar-refractivity contribution in [2.45, 2.75) is 57.4 Å². The van der Waals surface area contributed by atoms with Crippen molar-refractivity contribution in [3.8, 4) is 0 Å². The minimum atomic E-state index is -1.34. The molecule has 4 aliphatic heterocycles. The largest absolute Gasteiger partial charge is 0.394 e. The first-order valence-electron chi connectivity index (χ1n) is 15.0. The van der Waals surface area contributed by atoms with Gasteiger partial charge in [-0.05, 0) is 49.4 Å². The number of aliphatic hydroxyl groups is 1. The molecule has 6 rings (SSSR count). The molecule has 0 radical (unpaired) electrons. The van der Waals surface area contributed by atoms with Crippen LogP contribution >= 0.6 is 0 Å². The van der Waals surface area contributed by atoms with Gasteiger partial charge in [0.2, 0.25) is 11.8 Å². The molecule has 8 nitrogen and oxygen atoms in total. The van der Waals surface area contributed by atoms with Gasteiger partial charge >= 0.3 is 0 Å². The molecule has 1 unspecified atom stereocenters. The van der Waals surface area contributed by atoms with Gasteiger partial charge in [-0.3, -0.25) is 14.4 Å². The molecule has 0 aliphatic carbocycles. The summed E-state index contributed by atoms with van der Waals surface area (Å²) in [5.41, 5.74) is 2.35. The Morgan fingerprint density at radius 1 is 1.00 bits per heavy atom. The fourth-order valence-corrected chi connectivity index (χ4v) is 7.36. The third kappa shape index (κ3) is 4.48. The zero-order valence-electron chi connectivity index (χ0n) is 24.5. The van der Waals surface area contributed by atoms with Gasteiger partial charge in [0.15, 0.2) is 0 Å². The first-order chi connectivity index (χ1) is 20.3. The third-order valence-electron chi connectivity index (χ3n) is 9.25. The van der Waals surface area contributed by atoms with Crippen molar-refractivity contribution in [3.05, 3.63) is 89.5 Å². The molecule has 42 heavy (non-hydrogen) atoms. The van der Waals surface area contributed by atoms with Gasteiger partial charge in [0, 0.05) is 25.3 Å². The normalized spacial score (nSPS) is 29.3. The lowest BCUT2D eigenvalue weighted by Gasteiger charge is -2.39. The monoisotopic (exact) mass is 569 g/mol. The molecule has 220 valence electrons. The van der Waals surface area contributed by atoms with Gasteiger partial charge in [0.25, 0.3) is 5.91 Å². The van der Waals surface area contributed by atoms with Crippen molar-refractivity contribution in [2.24, 2.45) is 11.8 Å². The molecule has 4 heterocycles. The molecule has 4 aliphatic rings. The number of carbonyl (C=O) groups excluding carboxylic acids is 3. The van der Waals surface area contributed by atoms with Crippen LogP contribution in [0, 0.1) is 25.7 Å². The molecule has 1 N–H and O–H groups in total. The number of aryl methyl sites for hydroxylation is 2. The van der Waals surface area contributed by atoms with Crippen molar-refractivity contribution >= 4 is 23.4 Å². The number of aliphatic hydroxyl groups excluding tert-OH is 1. The average Bonchev–Trinajstić information content (AvgIpc) is 3.31. The van der Waals surface area contributed by atoms with Crippen LogP contribution in [0.15, 0.2) is 72.8 Å². The molecule has 8 heteroatoms. The van der Waals surface area contributed by atoms with Crippen molar-refractivity contribution in [1.82, 2.24) is 9.80 Å². The maximum Gasteiger partial charge on any atom is 0.253 e. The summed E-state index contributed by atoms with van der Waals surface area (Å²) in [4.78, 5) is 48.5. The number of rotatable bonds is 7. The minimum Gasteiger partial charge on any atom is -0.394 e. The molecule has 2 fully saturated rings. The van der Waals surface area contributed by atoms with Crippen LogP contribution < -0.4 is 4.90 Å². The first-order valence-corrected chi connectivity index (χ1v) is 15.0. The number of hydrogen-bond donors (Lipinski definition) is 1. The summed E-state index contributed by atoms with van der Waals surface area (Å²) in [6.45, 7) is 7.00. The number of likely N-dealkylation sites (tertiary alicyclic amines) is 1. The van der Waals surface area contributed by atoms with E-state index < -0.39 is 35.6 Å². The van der Waals surface area contributed by atoms with E-state index in [-0.39, 0.29) is 24.3 Å². The molecular weight excluding hydrogens is 530 g/mol.